The summed E-state index contributed by atoms with van der Waals surface area (Å²) in [5.41, 5.74) is 2.04. The van der Waals surface area contributed by atoms with Crippen LogP contribution in [0.3, 0.4) is 0 Å². The largest absolute Gasteiger partial charge is 1.00 e. The zero-order valence-electron chi connectivity index (χ0n) is 40.9. The number of methoxy groups -OCH3 is 1. The minimum Gasteiger partial charge on any atom is -0.748 e. The van der Waals surface area contributed by atoms with Gasteiger partial charge in [-0.1, -0.05) is 33.3 Å². The molecule has 1 aromatic carbocycles. The van der Waals surface area contributed by atoms with Gasteiger partial charge < -0.3 is 47.0 Å². The molecule has 0 saturated carbocycles. The fourth-order valence-electron chi connectivity index (χ4n) is 8.01. The van der Waals surface area contributed by atoms with E-state index in [1.165, 1.54) is 18.2 Å². The normalized spacial score (nSPS) is 16.5. The van der Waals surface area contributed by atoms with E-state index in [2.05, 4.69) is 20.8 Å². The molecule has 69 heavy (non-hydrogen) atoms. The van der Waals surface area contributed by atoms with Crippen molar-refractivity contribution in [2.24, 2.45) is 0 Å². The molecule has 0 fully saturated rings. The van der Waals surface area contributed by atoms with Crippen LogP contribution in [0, 0.1) is 0 Å². The number of allylic oxidation sites excluding steroid dienone is 3. The van der Waals surface area contributed by atoms with E-state index in [0.717, 1.165) is 11.1 Å². The molecule has 0 saturated heterocycles. The first-order valence-electron chi connectivity index (χ1n) is 22.2. The minimum absolute atomic E-state index is 0. The Bertz CT molecular complexity index is 2580. The topological polar surface area (TPSA) is 265 Å². The number of aliphatic carboxylic acids is 1. The summed E-state index contributed by atoms with van der Waals surface area (Å²) in [6.45, 7) is 11.7. The third-order valence-corrected chi connectivity index (χ3v) is 13.7. The Kier molecular flexibility index (Phi) is 26.5. The molecule has 0 aromatic heterocycles. The van der Waals surface area contributed by atoms with E-state index in [1.807, 2.05) is 33.7 Å². The third-order valence-electron chi connectivity index (χ3n) is 11.3. The Morgan fingerprint density at radius 1 is 0.797 bits per heavy atom. The maximum Gasteiger partial charge on any atom is 1.00 e. The number of hydrogen-bond acceptors (Lipinski definition) is 16. The molecule has 0 amide bonds. The smallest absolute Gasteiger partial charge is 0.748 e. The number of rotatable bonds is 29. The van der Waals surface area contributed by atoms with Gasteiger partial charge in [0.1, 0.15) is 34.8 Å². The van der Waals surface area contributed by atoms with Crippen molar-refractivity contribution in [2.45, 2.75) is 88.4 Å². The molecule has 1 atom stereocenters. The molecule has 0 bridgehead atoms. The summed E-state index contributed by atoms with van der Waals surface area (Å²) in [7, 11) is -12.3. The fourth-order valence-corrected chi connectivity index (χ4v) is 9.48. The summed E-state index contributed by atoms with van der Waals surface area (Å²) in [6.07, 6.45) is 6.96. The van der Waals surface area contributed by atoms with Gasteiger partial charge in [-0.3, -0.25) is 4.79 Å². The molecule has 1 aromatic rings. The predicted molar refractivity (Wildman–Crippen MR) is 249 cm³/mol. The molecule has 374 valence electrons. The molecular weight excluding hydrogens is 979 g/mol. The number of nitrogens with zero attached hydrogens (tertiary/aromatic N) is 2. The first kappa shape index (κ1) is 63.1. The average molecular weight is 1040 g/mol. The van der Waals surface area contributed by atoms with Crippen LogP contribution in [0.4, 0.5) is 5.69 Å². The van der Waals surface area contributed by atoms with Crippen molar-refractivity contribution >= 4 is 48.1 Å². The van der Waals surface area contributed by atoms with Gasteiger partial charge in [-0.05, 0) is 91.6 Å². The number of hydrogen-bond donors (Lipinski definition) is 1. The van der Waals surface area contributed by atoms with E-state index in [1.54, 1.807) is 32.3 Å². The van der Waals surface area contributed by atoms with E-state index < -0.39 is 58.1 Å². The minimum atomic E-state index is -4.88. The molecule has 0 radical (unpaired) electrons. The molecular formula is C46H64N2Na2O16S3. The summed E-state index contributed by atoms with van der Waals surface area (Å²) in [5, 5.41) is 9.87. The number of carbonyl (C=O) groups is 1. The van der Waals surface area contributed by atoms with Crippen molar-refractivity contribution < 1.29 is 131 Å². The predicted octanol–water partition coefficient (Wildman–Crippen LogP) is -1.36. The van der Waals surface area contributed by atoms with Crippen molar-refractivity contribution in [2.75, 3.05) is 89.4 Å². The van der Waals surface area contributed by atoms with E-state index in [0.29, 0.717) is 106 Å². The zero-order valence-corrected chi connectivity index (χ0v) is 47.3. The maximum absolute atomic E-state index is 12.2. The van der Waals surface area contributed by atoms with Crippen LogP contribution in [-0.4, -0.2) is 134 Å². The number of benzene rings is 2. The zero-order chi connectivity index (χ0) is 49.5. The first-order chi connectivity index (χ1) is 31.4. The average Bonchev–Trinajstić information content (AvgIpc) is 3.45. The third kappa shape index (κ3) is 20.8. The van der Waals surface area contributed by atoms with E-state index in [9.17, 15) is 48.8 Å². The molecule has 2 aliphatic heterocycles. The van der Waals surface area contributed by atoms with Crippen molar-refractivity contribution in [1.82, 2.24) is 4.58 Å². The van der Waals surface area contributed by atoms with Crippen molar-refractivity contribution in [3.8, 4) is 11.3 Å². The fraction of sp³-hybridized carbons (Fsp3) is 0.565. The Morgan fingerprint density at radius 3 is 2.01 bits per heavy atom. The van der Waals surface area contributed by atoms with Crippen molar-refractivity contribution in [3.05, 3.63) is 82.6 Å². The van der Waals surface area contributed by atoms with Gasteiger partial charge in [-0.25, -0.2) is 29.8 Å². The molecule has 0 spiro atoms. The van der Waals surface area contributed by atoms with E-state index in [-0.39, 0.29) is 103 Å². The maximum atomic E-state index is 12.2. The van der Waals surface area contributed by atoms with Crippen LogP contribution in [0.2, 0.25) is 0 Å². The van der Waals surface area contributed by atoms with Gasteiger partial charge in [-0.15, -0.1) is 0 Å². The second-order valence-corrected chi connectivity index (χ2v) is 21.9. The molecule has 23 heteroatoms. The molecule has 2 heterocycles. The second-order valence-electron chi connectivity index (χ2n) is 17.5. The van der Waals surface area contributed by atoms with Gasteiger partial charge in [0, 0.05) is 66.4 Å². The summed E-state index contributed by atoms with van der Waals surface area (Å²) in [6, 6.07) is 11.6. The van der Waals surface area contributed by atoms with Crippen molar-refractivity contribution in [3.63, 3.8) is 0 Å². The number of anilines is 1. The molecule has 3 aliphatic rings. The van der Waals surface area contributed by atoms with Gasteiger partial charge in [-0.2, -0.15) is 0 Å². The van der Waals surface area contributed by atoms with Crippen LogP contribution in [0.25, 0.3) is 17.4 Å². The van der Waals surface area contributed by atoms with Gasteiger partial charge in [0.15, 0.2) is 6.54 Å². The number of ether oxygens (including phenoxy) is 4. The molecule has 4 rings (SSSR count). The SMILES string of the molecule is COCCOCCOCCOCC[N+](CCCS(=O)(=O)[O-])=c1ccc2c(C(C)(C)C)cc(/C=C/C=C3/N(CCCCCC(=O)O)c4ccc(S(=O)(=O)[O-])cc4C3(C)CCCS(=O)(=O)[O-])oc-2c1.[Na+].[Na+]. The van der Waals surface area contributed by atoms with Crippen LogP contribution in [0.15, 0.2) is 69.6 Å². The standard InChI is InChI=1S/C46H66N2O16S3.2Na/c1-45(2,3)39-33-36(64-42-32-35(15-17-38(39)42)47(20-11-31-66(54,55)56)22-23-61-26-27-63-29-28-62-25-24-60-5)12-9-13-43-46(4,19-10-30-65(51,52)53)40-34-37(67(57,58)59)16-18-41(40)48(43)21-8-6-7-14-44(49)50;;/h9,12-13,15-18,32-34H,6-8,10-11,14,19-31H2,1-5H3,(H3-,49,50,51,52,53,54,55,56,57,58,59);;/q;2*+1/p-2. The van der Waals surface area contributed by atoms with Gasteiger partial charge in [0.25, 0.3) is 0 Å². The number of carboxylic acids is 1. The molecule has 1 aliphatic carbocycles. The number of fused-ring (bicyclic) bond motifs is 2. The Morgan fingerprint density at radius 2 is 1.42 bits per heavy atom. The second kappa shape index (κ2) is 29.0. The summed E-state index contributed by atoms with van der Waals surface area (Å²) in [5.74, 6) is -1.14. The van der Waals surface area contributed by atoms with E-state index >= 15 is 0 Å². The molecule has 1 N–H and O–H groups in total. The van der Waals surface area contributed by atoms with Gasteiger partial charge in [0.2, 0.25) is 5.36 Å². The van der Waals surface area contributed by atoms with Crippen LogP contribution >= 0.6 is 0 Å². The Balaban J connectivity index is 0.00000817. The quantitative estimate of drug-likeness (QED) is 0.0364. The van der Waals surface area contributed by atoms with Crippen LogP contribution in [0.5, 0.6) is 0 Å². The van der Waals surface area contributed by atoms with E-state index in [4.69, 9.17) is 23.4 Å². The summed E-state index contributed by atoms with van der Waals surface area (Å²) < 4.78 is 136. The molecule has 1 unspecified atom stereocenters. The number of unbranched alkanes of at least 4 members (excludes halogenated alkanes) is 2. The van der Waals surface area contributed by atoms with Crippen LogP contribution < -0.4 is 73.9 Å². The van der Waals surface area contributed by atoms with Crippen LogP contribution in [0.1, 0.15) is 89.5 Å². The summed E-state index contributed by atoms with van der Waals surface area (Å²) >= 11 is 0. The van der Waals surface area contributed by atoms with Gasteiger partial charge in [0.05, 0.1) is 70.8 Å². The Labute approximate surface area is 451 Å². The van der Waals surface area contributed by atoms with Crippen LogP contribution in [-0.2, 0) is 64.9 Å². The molecule has 18 nitrogen and oxygen atoms in total. The Hall–Kier alpha value is -2.03. The van der Waals surface area contributed by atoms with Gasteiger partial charge >= 0.3 is 65.1 Å². The van der Waals surface area contributed by atoms with Crippen molar-refractivity contribution in [1.29, 1.82) is 0 Å². The summed E-state index contributed by atoms with van der Waals surface area (Å²) in [4.78, 5) is 12.7. The monoisotopic (exact) mass is 1040 g/mol. The first-order valence-corrected chi connectivity index (χ1v) is 26.7. The number of carboxylic acid groups (broad SMARTS) is 1.